The number of morpholine rings is 1. The van der Waals surface area contributed by atoms with Gasteiger partial charge in [-0.1, -0.05) is 11.6 Å². The molecule has 0 aromatic heterocycles. The molecule has 0 saturated carbocycles. The van der Waals surface area contributed by atoms with Crippen LogP contribution in [-0.2, 0) is 14.8 Å². The fourth-order valence-electron chi connectivity index (χ4n) is 4.27. The summed E-state index contributed by atoms with van der Waals surface area (Å²) >= 11 is 6.29. The van der Waals surface area contributed by atoms with Crippen LogP contribution in [0.3, 0.4) is 0 Å². The van der Waals surface area contributed by atoms with Gasteiger partial charge in [-0.15, -0.1) is 0 Å². The van der Waals surface area contributed by atoms with Crippen LogP contribution in [0.2, 0.25) is 5.02 Å². The molecule has 2 fully saturated rings. The highest BCUT2D eigenvalue weighted by atomic mass is 35.5. The fourth-order valence-corrected chi connectivity index (χ4v) is 6.37. The van der Waals surface area contributed by atoms with E-state index in [9.17, 15) is 13.2 Å². The maximum atomic E-state index is 13.3. The molecule has 1 aromatic carbocycles. The molecule has 2 aliphatic rings. The topological polar surface area (TPSA) is 70.2 Å². The Kier molecular flexibility index (Phi) is 7.38. The van der Waals surface area contributed by atoms with Crippen LogP contribution in [0, 0.1) is 0 Å². The second-order valence-electron chi connectivity index (χ2n) is 9.53. The van der Waals surface area contributed by atoms with E-state index in [4.69, 9.17) is 16.3 Å². The van der Waals surface area contributed by atoms with Crippen LogP contribution < -0.4 is 0 Å². The number of halogens is 1. The van der Waals surface area contributed by atoms with Gasteiger partial charge in [0.2, 0.25) is 10.0 Å². The number of amides is 1. The Balaban J connectivity index is 1.83. The second-order valence-corrected chi connectivity index (χ2v) is 11.8. The molecule has 9 heteroatoms. The SMILES string of the molecule is CC1CN(S(=O)(=O)c2cc(C(=O)N3CCCN(C(C)(C)C)CC3)ccc2Cl)CC(C)O1. The highest BCUT2D eigenvalue weighted by molar-refractivity contribution is 7.89. The van der Waals surface area contributed by atoms with Gasteiger partial charge in [-0.25, -0.2) is 8.42 Å². The largest absolute Gasteiger partial charge is 0.373 e. The zero-order chi connectivity index (χ0) is 23.0. The number of carbonyl (C=O) groups excluding carboxylic acids is 1. The maximum Gasteiger partial charge on any atom is 0.253 e. The standard InChI is InChI=1S/C22H34ClN3O4S/c1-16-14-26(15-17(2)30-16)31(28,29)20-13-18(7-8-19(20)23)21(27)24-9-6-10-25(12-11-24)22(3,4)5/h7-8,13,16-17H,6,9-12,14-15H2,1-5H3. The van der Waals surface area contributed by atoms with Gasteiger partial charge in [0.1, 0.15) is 4.90 Å². The van der Waals surface area contributed by atoms with Crippen molar-refractivity contribution in [3.05, 3.63) is 28.8 Å². The predicted molar refractivity (Wildman–Crippen MR) is 122 cm³/mol. The number of hydrogen-bond acceptors (Lipinski definition) is 5. The Hall–Kier alpha value is -1.19. The molecule has 31 heavy (non-hydrogen) atoms. The normalized spacial score (nSPS) is 24.8. The molecule has 2 atom stereocenters. The van der Waals surface area contributed by atoms with Gasteiger partial charge < -0.3 is 9.64 Å². The highest BCUT2D eigenvalue weighted by Gasteiger charge is 2.34. The summed E-state index contributed by atoms with van der Waals surface area (Å²) in [5, 5.41) is 0.123. The average Bonchev–Trinajstić information content (AvgIpc) is 2.93. The van der Waals surface area contributed by atoms with Crippen molar-refractivity contribution in [1.29, 1.82) is 0 Å². The van der Waals surface area contributed by atoms with E-state index in [0.717, 1.165) is 19.5 Å². The van der Waals surface area contributed by atoms with Gasteiger partial charge in [0.05, 0.1) is 17.2 Å². The summed E-state index contributed by atoms with van der Waals surface area (Å²) in [6, 6.07) is 4.55. The summed E-state index contributed by atoms with van der Waals surface area (Å²) in [7, 11) is -3.84. The number of rotatable bonds is 3. The van der Waals surface area contributed by atoms with Gasteiger partial charge in [-0.3, -0.25) is 9.69 Å². The Morgan fingerprint density at radius 2 is 1.71 bits per heavy atom. The van der Waals surface area contributed by atoms with E-state index < -0.39 is 10.0 Å². The molecule has 0 radical (unpaired) electrons. The lowest BCUT2D eigenvalue weighted by molar-refractivity contribution is -0.0440. The van der Waals surface area contributed by atoms with Gasteiger partial charge >= 0.3 is 0 Å². The van der Waals surface area contributed by atoms with Crippen molar-refractivity contribution in [3.63, 3.8) is 0 Å². The van der Waals surface area contributed by atoms with E-state index in [-0.39, 0.29) is 46.7 Å². The van der Waals surface area contributed by atoms with E-state index in [0.29, 0.717) is 18.7 Å². The Morgan fingerprint density at radius 3 is 2.32 bits per heavy atom. The molecule has 7 nitrogen and oxygen atoms in total. The lowest BCUT2D eigenvalue weighted by atomic mass is 10.1. The second kappa shape index (κ2) is 9.35. The Morgan fingerprint density at radius 1 is 1.06 bits per heavy atom. The Bertz CT molecular complexity index is 906. The lowest BCUT2D eigenvalue weighted by Gasteiger charge is -2.34. The molecule has 2 unspecified atom stereocenters. The highest BCUT2D eigenvalue weighted by Crippen LogP contribution is 2.29. The fraction of sp³-hybridized carbons (Fsp3) is 0.682. The van der Waals surface area contributed by atoms with E-state index >= 15 is 0 Å². The molecular weight excluding hydrogens is 438 g/mol. The number of sulfonamides is 1. The minimum atomic E-state index is -3.84. The van der Waals surface area contributed by atoms with Crippen molar-refractivity contribution < 1.29 is 17.9 Å². The first-order valence-corrected chi connectivity index (χ1v) is 12.7. The average molecular weight is 472 g/mol. The third-order valence-electron chi connectivity index (χ3n) is 5.91. The van der Waals surface area contributed by atoms with E-state index in [1.165, 1.54) is 16.4 Å². The van der Waals surface area contributed by atoms with Crippen LogP contribution in [0.5, 0.6) is 0 Å². The number of ether oxygens (including phenoxy) is 1. The molecule has 1 aromatic rings. The molecule has 0 spiro atoms. The predicted octanol–water partition coefficient (Wildman–Crippen LogP) is 3.08. The summed E-state index contributed by atoms with van der Waals surface area (Å²) in [4.78, 5) is 17.4. The first-order chi connectivity index (χ1) is 14.4. The minimum Gasteiger partial charge on any atom is -0.373 e. The van der Waals surface area contributed by atoms with Gasteiger partial charge in [-0.2, -0.15) is 4.31 Å². The summed E-state index contributed by atoms with van der Waals surface area (Å²) in [6.07, 6.45) is 0.473. The monoisotopic (exact) mass is 471 g/mol. The van der Waals surface area contributed by atoms with Gasteiger partial charge in [0.25, 0.3) is 5.91 Å². The first-order valence-electron chi connectivity index (χ1n) is 10.9. The van der Waals surface area contributed by atoms with Crippen molar-refractivity contribution in [2.45, 2.75) is 63.7 Å². The van der Waals surface area contributed by atoms with Gasteiger partial charge in [0, 0.05) is 50.4 Å². The molecular formula is C22H34ClN3O4S. The summed E-state index contributed by atoms with van der Waals surface area (Å²) in [5.41, 5.74) is 0.397. The van der Waals surface area contributed by atoms with Crippen LogP contribution in [0.1, 0.15) is 51.4 Å². The number of benzene rings is 1. The third kappa shape index (κ3) is 5.60. The van der Waals surface area contributed by atoms with E-state index in [2.05, 4.69) is 25.7 Å². The summed E-state index contributed by atoms with van der Waals surface area (Å²) in [6.45, 7) is 13.7. The van der Waals surface area contributed by atoms with Crippen LogP contribution >= 0.6 is 11.6 Å². The van der Waals surface area contributed by atoms with Crippen molar-refractivity contribution >= 4 is 27.5 Å². The molecule has 2 heterocycles. The zero-order valence-electron chi connectivity index (χ0n) is 19.1. The van der Waals surface area contributed by atoms with Crippen molar-refractivity contribution in [3.8, 4) is 0 Å². The first kappa shape index (κ1) is 24.5. The Labute approximate surface area is 191 Å². The van der Waals surface area contributed by atoms with Crippen molar-refractivity contribution in [1.82, 2.24) is 14.1 Å². The number of hydrogen-bond donors (Lipinski definition) is 0. The molecule has 2 aliphatic heterocycles. The van der Waals surface area contributed by atoms with Crippen molar-refractivity contribution in [2.75, 3.05) is 39.3 Å². The van der Waals surface area contributed by atoms with Crippen LogP contribution in [0.25, 0.3) is 0 Å². The summed E-state index contributed by atoms with van der Waals surface area (Å²) in [5.74, 6) is -0.160. The molecule has 0 bridgehead atoms. The number of nitrogens with zero attached hydrogens (tertiary/aromatic N) is 3. The molecule has 0 N–H and O–H groups in total. The smallest absolute Gasteiger partial charge is 0.253 e. The molecule has 1 amide bonds. The zero-order valence-corrected chi connectivity index (χ0v) is 20.7. The minimum absolute atomic E-state index is 0.0209. The van der Waals surface area contributed by atoms with Gasteiger partial charge in [0.15, 0.2) is 0 Å². The van der Waals surface area contributed by atoms with Crippen LogP contribution in [-0.4, -0.2) is 85.4 Å². The van der Waals surface area contributed by atoms with Crippen LogP contribution in [0.4, 0.5) is 0 Å². The number of carbonyl (C=O) groups is 1. The van der Waals surface area contributed by atoms with Crippen LogP contribution in [0.15, 0.2) is 23.1 Å². The van der Waals surface area contributed by atoms with E-state index in [1.807, 2.05) is 18.7 Å². The molecule has 2 saturated heterocycles. The molecule has 0 aliphatic carbocycles. The lowest BCUT2D eigenvalue weighted by Crippen LogP contribution is -2.48. The molecule has 174 valence electrons. The van der Waals surface area contributed by atoms with E-state index in [1.54, 1.807) is 6.07 Å². The third-order valence-corrected chi connectivity index (χ3v) is 8.23. The molecule has 3 rings (SSSR count). The van der Waals surface area contributed by atoms with Crippen molar-refractivity contribution in [2.24, 2.45) is 0 Å². The summed E-state index contributed by atoms with van der Waals surface area (Å²) < 4.78 is 33.7. The quantitative estimate of drug-likeness (QED) is 0.677. The maximum absolute atomic E-state index is 13.3. The van der Waals surface area contributed by atoms with Gasteiger partial charge in [-0.05, 0) is 59.2 Å².